The van der Waals surface area contributed by atoms with Gasteiger partial charge in [-0.1, -0.05) is 52.4 Å². The smallest absolute Gasteiger partial charge is 0.0331 e. The van der Waals surface area contributed by atoms with Crippen LogP contribution in [-0.4, -0.2) is 30.1 Å². The highest BCUT2D eigenvalue weighted by atomic mass is 15.2. The van der Waals surface area contributed by atoms with E-state index in [1.54, 1.807) is 0 Å². The van der Waals surface area contributed by atoms with Gasteiger partial charge in [0.15, 0.2) is 0 Å². The maximum atomic E-state index is 6.17. The quantitative estimate of drug-likeness (QED) is 0.769. The van der Waals surface area contributed by atoms with E-state index in [0.29, 0.717) is 5.54 Å². The summed E-state index contributed by atoms with van der Waals surface area (Å²) in [6, 6.07) is 0. The van der Waals surface area contributed by atoms with Crippen LogP contribution in [0.2, 0.25) is 0 Å². The van der Waals surface area contributed by atoms with Gasteiger partial charge in [0.25, 0.3) is 0 Å². The standard InChI is InChI=1S/C15H32N2/c1-3-5-13-17(4-2)15(14-16)11-9-7-6-8-10-12-15/h3-14,16H2,1-2H3. The lowest BCUT2D eigenvalue weighted by molar-refractivity contribution is 0.0704. The van der Waals surface area contributed by atoms with Crippen LogP contribution in [0.4, 0.5) is 0 Å². The van der Waals surface area contributed by atoms with Gasteiger partial charge in [-0.05, 0) is 32.4 Å². The molecule has 1 aliphatic carbocycles. The molecule has 1 fully saturated rings. The van der Waals surface area contributed by atoms with Crippen molar-refractivity contribution in [3.8, 4) is 0 Å². The molecule has 0 aromatic carbocycles. The molecule has 0 amide bonds. The SMILES string of the molecule is CCCCN(CC)C1(CN)CCCCCCC1. The van der Waals surface area contributed by atoms with Gasteiger partial charge in [0, 0.05) is 12.1 Å². The molecular formula is C15H32N2. The Morgan fingerprint density at radius 2 is 1.59 bits per heavy atom. The summed E-state index contributed by atoms with van der Waals surface area (Å²) < 4.78 is 0. The van der Waals surface area contributed by atoms with Gasteiger partial charge in [-0.2, -0.15) is 0 Å². The van der Waals surface area contributed by atoms with Gasteiger partial charge in [-0.3, -0.25) is 4.90 Å². The second kappa shape index (κ2) is 8.10. The summed E-state index contributed by atoms with van der Waals surface area (Å²) in [6.07, 6.45) is 12.2. The van der Waals surface area contributed by atoms with Crippen LogP contribution in [0.15, 0.2) is 0 Å². The lowest BCUT2D eigenvalue weighted by atomic mass is 9.82. The van der Waals surface area contributed by atoms with Gasteiger partial charge in [0.2, 0.25) is 0 Å². The van der Waals surface area contributed by atoms with E-state index in [1.165, 1.54) is 64.3 Å². The fraction of sp³-hybridized carbons (Fsp3) is 1.00. The lowest BCUT2D eigenvalue weighted by Gasteiger charge is -2.44. The molecule has 2 N–H and O–H groups in total. The number of nitrogens with zero attached hydrogens (tertiary/aromatic N) is 1. The Bertz CT molecular complexity index is 183. The van der Waals surface area contributed by atoms with E-state index in [4.69, 9.17) is 5.73 Å². The van der Waals surface area contributed by atoms with Crippen molar-refractivity contribution in [3.05, 3.63) is 0 Å². The van der Waals surface area contributed by atoms with Crippen molar-refractivity contribution in [2.45, 2.75) is 77.2 Å². The first-order valence-corrected chi connectivity index (χ1v) is 7.74. The summed E-state index contributed by atoms with van der Waals surface area (Å²) in [5.41, 5.74) is 6.49. The summed E-state index contributed by atoms with van der Waals surface area (Å²) in [6.45, 7) is 7.83. The zero-order valence-electron chi connectivity index (χ0n) is 12.0. The number of hydrogen-bond donors (Lipinski definition) is 1. The summed E-state index contributed by atoms with van der Waals surface area (Å²) in [4.78, 5) is 2.68. The van der Waals surface area contributed by atoms with Gasteiger partial charge >= 0.3 is 0 Å². The Morgan fingerprint density at radius 3 is 2.06 bits per heavy atom. The summed E-state index contributed by atoms with van der Waals surface area (Å²) >= 11 is 0. The van der Waals surface area contributed by atoms with Gasteiger partial charge in [0.1, 0.15) is 0 Å². The molecule has 0 saturated heterocycles. The molecule has 1 rings (SSSR count). The predicted molar refractivity (Wildman–Crippen MR) is 76.3 cm³/mol. The van der Waals surface area contributed by atoms with Crippen LogP contribution in [0.1, 0.15) is 71.6 Å². The first-order valence-electron chi connectivity index (χ1n) is 7.74. The lowest BCUT2D eigenvalue weighted by Crippen LogP contribution is -2.54. The van der Waals surface area contributed by atoms with Crippen LogP contribution < -0.4 is 5.73 Å². The Balaban J connectivity index is 2.66. The van der Waals surface area contributed by atoms with Crippen LogP contribution in [0.25, 0.3) is 0 Å². The summed E-state index contributed by atoms with van der Waals surface area (Å²) in [5, 5.41) is 0. The molecule has 0 radical (unpaired) electrons. The third kappa shape index (κ3) is 4.26. The van der Waals surface area contributed by atoms with Gasteiger partial charge in [-0.15, -0.1) is 0 Å². The van der Waals surface area contributed by atoms with E-state index < -0.39 is 0 Å². The Morgan fingerprint density at radius 1 is 1.00 bits per heavy atom. The molecule has 102 valence electrons. The van der Waals surface area contributed by atoms with Gasteiger partial charge < -0.3 is 5.73 Å². The molecule has 0 atom stereocenters. The van der Waals surface area contributed by atoms with Gasteiger partial charge in [0.05, 0.1) is 0 Å². The number of hydrogen-bond acceptors (Lipinski definition) is 2. The van der Waals surface area contributed by atoms with Crippen LogP contribution in [0, 0.1) is 0 Å². The average Bonchev–Trinajstić information content (AvgIpc) is 2.32. The normalized spacial score (nSPS) is 21.2. The van der Waals surface area contributed by atoms with E-state index in [2.05, 4.69) is 18.7 Å². The molecule has 1 aliphatic rings. The minimum Gasteiger partial charge on any atom is -0.329 e. The van der Waals surface area contributed by atoms with E-state index >= 15 is 0 Å². The molecule has 0 aromatic rings. The van der Waals surface area contributed by atoms with Crippen LogP contribution in [0.5, 0.6) is 0 Å². The number of rotatable bonds is 6. The number of unbranched alkanes of at least 4 members (excludes halogenated alkanes) is 1. The molecule has 17 heavy (non-hydrogen) atoms. The monoisotopic (exact) mass is 240 g/mol. The van der Waals surface area contributed by atoms with Gasteiger partial charge in [-0.25, -0.2) is 0 Å². The number of likely N-dealkylation sites (N-methyl/N-ethyl adjacent to an activating group) is 1. The van der Waals surface area contributed by atoms with Crippen molar-refractivity contribution in [2.75, 3.05) is 19.6 Å². The van der Waals surface area contributed by atoms with Crippen LogP contribution in [-0.2, 0) is 0 Å². The molecule has 0 aliphatic heterocycles. The van der Waals surface area contributed by atoms with Crippen molar-refractivity contribution < 1.29 is 0 Å². The predicted octanol–water partition coefficient (Wildman–Crippen LogP) is 3.55. The minimum absolute atomic E-state index is 0.324. The molecule has 0 aromatic heterocycles. The van der Waals surface area contributed by atoms with Crippen molar-refractivity contribution in [1.29, 1.82) is 0 Å². The third-order valence-electron chi connectivity index (χ3n) is 4.50. The molecule has 2 nitrogen and oxygen atoms in total. The second-order valence-corrected chi connectivity index (χ2v) is 5.63. The average molecular weight is 240 g/mol. The van der Waals surface area contributed by atoms with E-state index in [1.807, 2.05) is 0 Å². The molecule has 0 spiro atoms. The molecule has 0 heterocycles. The fourth-order valence-electron chi connectivity index (χ4n) is 3.29. The second-order valence-electron chi connectivity index (χ2n) is 5.63. The highest BCUT2D eigenvalue weighted by Gasteiger charge is 2.33. The van der Waals surface area contributed by atoms with E-state index in [9.17, 15) is 0 Å². The van der Waals surface area contributed by atoms with Crippen LogP contribution in [0.3, 0.4) is 0 Å². The van der Waals surface area contributed by atoms with Crippen molar-refractivity contribution in [3.63, 3.8) is 0 Å². The third-order valence-corrected chi connectivity index (χ3v) is 4.50. The molecule has 1 saturated carbocycles. The highest BCUT2D eigenvalue weighted by Crippen LogP contribution is 2.31. The zero-order valence-corrected chi connectivity index (χ0v) is 12.0. The van der Waals surface area contributed by atoms with Crippen molar-refractivity contribution in [2.24, 2.45) is 5.73 Å². The maximum absolute atomic E-state index is 6.17. The van der Waals surface area contributed by atoms with Crippen LogP contribution >= 0.6 is 0 Å². The summed E-state index contributed by atoms with van der Waals surface area (Å²) in [7, 11) is 0. The first kappa shape index (κ1) is 15.0. The maximum Gasteiger partial charge on any atom is 0.0331 e. The Hall–Kier alpha value is -0.0800. The largest absolute Gasteiger partial charge is 0.329 e. The summed E-state index contributed by atoms with van der Waals surface area (Å²) in [5.74, 6) is 0. The van der Waals surface area contributed by atoms with Crippen molar-refractivity contribution >= 4 is 0 Å². The molecule has 2 heteroatoms. The van der Waals surface area contributed by atoms with E-state index in [-0.39, 0.29) is 0 Å². The minimum atomic E-state index is 0.324. The first-order chi connectivity index (χ1) is 8.29. The topological polar surface area (TPSA) is 29.3 Å². The van der Waals surface area contributed by atoms with Crippen molar-refractivity contribution in [1.82, 2.24) is 4.90 Å². The molecule has 0 unspecified atom stereocenters. The molecule has 0 bridgehead atoms. The molecular weight excluding hydrogens is 208 g/mol. The Kier molecular flexibility index (Phi) is 7.14. The van der Waals surface area contributed by atoms with E-state index in [0.717, 1.165) is 13.1 Å². The Labute approximate surface area is 108 Å². The zero-order chi connectivity index (χ0) is 12.6. The number of nitrogens with two attached hydrogens (primary N) is 1. The fourth-order valence-corrected chi connectivity index (χ4v) is 3.29. The highest BCUT2D eigenvalue weighted by molar-refractivity contribution is 4.92.